The summed E-state index contributed by atoms with van der Waals surface area (Å²) in [5, 5.41) is 3.01. The smallest absolute Gasteiger partial charge is 0.244 e. The van der Waals surface area contributed by atoms with Crippen molar-refractivity contribution in [1.82, 2.24) is 0 Å². The molecule has 180 valence electrons. The van der Waals surface area contributed by atoms with E-state index >= 15 is 0 Å². The molecule has 0 atom stereocenters. The predicted molar refractivity (Wildman–Crippen MR) is 149 cm³/mol. The minimum atomic E-state index is -1.60. The molecule has 4 aromatic carbocycles. The number of rotatable bonds is 1. The van der Waals surface area contributed by atoms with E-state index in [1.54, 1.807) is 12.1 Å². The second-order valence-electron chi connectivity index (χ2n) is 9.76. The standard InChI is InChI=1S/C32H17BrN2O3/c33-17-14-15-24-23(16-17)32(31(38)34-24)25-27(19-10-4-6-12-21(19)29(25)36)35(18-8-2-1-3-9-18)28-20-11-5-7-13-22(20)30(37)26(28)32/h1-16H,(H,34,38). The highest BCUT2D eigenvalue weighted by atomic mass is 79.9. The largest absolute Gasteiger partial charge is 0.324 e. The molecule has 0 saturated heterocycles. The molecular formula is C32H17BrN2O3. The highest BCUT2D eigenvalue weighted by Gasteiger charge is 2.64. The normalized spacial score (nSPS) is 17.9. The van der Waals surface area contributed by atoms with Crippen LogP contribution in [0.4, 0.5) is 11.4 Å². The van der Waals surface area contributed by atoms with Crippen molar-refractivity contribution < 1.29 is 14.4 Å². The zero-order chi connectivity index (χ0) is 25.8. The van der Waals surface area contributed by atoms with Gasteiger partial charge in [-0.15, -0.1) is 0 Å². The quantitative estimate of drug-likeness (QED) is 0.295. The number of carbonyl (C=O) groups excluding carboxylic acids is 3. The van der Waals surface area contributed by atoms with E-state index in [0.717, 1.165) is 21.3 Å². The first-order valence-corrected chi connectivity index (χ1v) is 13.1. The lowest BCUT2D eigenvalue weighted by molar-refractivity contribution is -0.118. The number of carbonyl (C=O) groups is 3. The van der Waals surface area contributed by atoms with Crippen LogP contribution >= 0.6 is 15.9 Å². The van der Waals surface area contributed by atoms with E-state index in [9.17, 15) is 14.4 Å². The Balaban J connectivity index is 1.59. The minimum absolute atomic E-state index is 0.241. The SMILES string of the molecule is O=C1C2=C(c3ccccc31)N(c1ccccc1)C1=C(C(=O)c3ccccc31)C21C(=O)Nc2ccc(Br)cc21. The highest BCUT2D eigenvalue weighted by Crippen LogP contribution is 2.62. The van der Waals surface area contributed by atoms with Gasteiger partial charge >= 0.3 is 0 Å². The Hall–Kier alpha value is -4.55. The van der Waals surface area contributed by atoms with Crippen molar-refractivity contribution in [1.29, 1.82) is 0 Å². The first-order valence-electron chi connectivity index (χ1n) is 12.3. The summed E-state index contributed by atoms with van der Waals surface area (Å²) in [5.41, 5.74) is 4.87. The molecule has 2 aliphatic carbocycles. The molecule has 0 unspecified atom stereocenters. The minimum Gasteiger partial charge on any atom is -0.324 e. The van der Waals surface area contributed by atoms with Crippen molar-refractivity contribution in [3.63, 3.8) is 0 Å². The monoisotopic (exact) mass is 556 g/mol. The highest BCUT2D eigenvalue weighted by molar-refractivity contribution is 9.10. The number of ketones is 2. The summed E-state index contributed by atoms with van der Waals surface area (Å²) in [6.45, 7) is 0. The van der Waals surface area contributed by atoms with Gasteiger partial charge in [0.1, 0.15) is 5.41 Å². The number of Topliss-reactive ketones (excluding diaryl/α,β-unsaturated/α-hetero) is 2. The van der Waals surface area contributed by atoms with Crippen molar-refractivity contribution in [3.05, 3.63) is 140 Å². The van der Waals surface area contributed by atoms with Crippen LogP contribution in [0.5, 0.6) is 0 Å². The van der Waals surface area contributed by atoms with Gasteiger partial charge in [-0.25, -0.2) is 0 Å². The summed E-state index contributed by atoms with van der Waals surface area (Å²) >= 11 is 3.56. The van der Waals surface area contributed by atoms with E-state index in [2.05, 4.69) is 21.2 Å². The van der Waals surface area contributed by atoms with Gasteiger partial charge in [0, 0.05) is 54.8 Å². The van der Waals surface area contributed by atoms with Crippen molar-refractivity contribution in [2.45, 2.75) is 5.41 Å². The lowest BCUT2D eigenvalue weighted by Gasteiger charge is -2.41. The number of nitrogens with one attached hydrogen (secondary N) is 1. The molecule has 2 aliphatic heterocycles. The first kappa shape index (κ1) is 21.5. The van der Waals surface area contributed by atoms with E-state index in [1.165, 1.54) is 0 Å². The van der Waals surface area contributed by atoms with Crippen LogP contribution in [0.15, 0.2) is 113 Å². The second-order valence-corrected chi connectivity index (χ2v) is 10.7. The Kier molecular flexibility index (Phi) is 4.12. The van der Waals surface area contributed by atoms with Gasteiger partial charge in [-0.05, 0) is 30.3 Å². The maximum atomic E-state index is 14.4. The van der Waals surface area contributed by atoms with Gasteiger partial charge in [0.25, 0.3) is 0 Å². The van der Waals surface area contributed by atoms with Gasteiger partial charge in [0.2, 0.25) is 5.91 Å². The van der Waals surface area contributed by atoms with E-state index in [1.807, 2.05) is 89.8 Å². The fraction of sp³-hybridized carbons (Fsp3) is 0.0312. The number of amides is 1. The molecule has 4 aromatic rings. The van der Waals surface area contributed by atoms with Crippen LogP contribution < -0.4 is 10.2 Å². The molecule has 4 aliphatic rings. The fourth-order valence-electron chi connectivity index (χ4n) is 6.53. The average Bonchev–Trinajstić information content (AvgIpc) is 3.52. The summed E-state index contributed by atoms with van der Waals surface area (Å²) in [6.07, 6.45) is 0. The Bertz CT molecular complexity index is 1790. The van der Waals surface area contributed by atoms with Crippen LogP contribution in [0.2, 0.25) is 0 Å². The van der Waals surface area contributed by atoms with Crippen molar-refractivity contribution >= 4 is 56.2 Å². The number of hydrogen-bond acceptors (Lipinski definition) is 4. The molecular weight excluding hydrogens is 540 g/mol. The van der Waals surface area contributed by atoms with Crippen LogP contribution in [0.3, 0.4) is 0 Å². The lowest BCUT2D eigenvalue weighted by Crippen LogP contribution is -2.47. The maximum absolute atomic E-state index is 14.4. The molecule has 1 spiro atoms. The Morgan fingerprint density at radius 2 is 1.16 bits per heavy atom. The third-order valence-electron chi connectivity index (χ3n) is 7.97. The number of nitrogens with zero attached hydrogens (tertiary/aromatic N) is 1. The van der Waals surface area contributed by atoms with Gasteiger partial charge in [-0.2, -0.15) is 0 Å². The zero-order valence-electron chi connectivity index (χ0n) is 19.8. The van der Waals surface area contributed by atoms with Gasteiger partial charge in [-0.3, -0.25) is 14.4 Å². The molecule has 5 nitrogen and oxygen atoms in total. The Morgan fingerprint density at radius 3 is 1.74 bits per heavy atom. The molecule has 0 aromatic heterocycles. The third kappa shape index (κ3) is 2.39. The number of fused-ring (bicyclic) bond motifs is 8. The van der Waals surface area contributed by atoms with E-state index in [0.29, 0.717) is 44.9 Å². The first-order chi connectivity index (χ1) is 18.5. The molecule has 0 saturated carbocycles. The van der Waals surface area contributed by atoms with E-state index in [-0.39, 0.29) is 17.5 Å². The van der Waals surface area contributed by atoms with Crippen LogP contribution in [0, 0.1) is 0 Å². The summed E-state index contributed by atoms with van der Waals surface area (Å²) in [4.78, 5) is 45.1. The molecule has 2 heterocycles. The van der Waals surface area contributed by atoms with Crippen LogP contribution in [-0.2, 0) is 10.2 Å². The molecule has 1 amide bonds. The van der Waals surface area contributed by atoms with Gasteiger partial charge in [0.05, 0.1) is 11.4 Å². The Labute approximate surface area is 226 Å². The van der Waals surface area contributed by atoms with Gasteiger partial charge in [-0.1, -0.05) is 82.7 Å². The number of anilines is 2. The van der Waals surface area contributed by atoms with E-state index < -0.39 is 5.41 Å². The van der Waals surface area contributed by atoms with E-state index in [4.69, 9.17) is 0 Å². The lowest BCUT2D eigenvalue weighted by atomic mass is 9.65. The molecule has 0 bridgehead atoms. The molecule has 0 radical (unpaired) electrons. The molecule has 38 heavy (non-hydrogen) atoms. The predicted octanol–water partition coefficient (Wildman–Crippen LogP) is 6.37. The second kappa shape index (κ2) is 7.27. The van der Waals surface area contributed by atoms with Crippen LogP contribution in [-0.4, -0.2) is 17.5 Å². The number of para-hydroxylation sites is 1. The maximum Gasteiger partial charge on any atom is 0.244 e. The molecule has 6 heteroatoms. The van der Waals surface area contributed by atoms with Crippen LogP contribution in [0.25, 0.3) is 11.4 Å². The Morgan fingerprint density at radius 1 is 0.632 bits per heavy atom. The topological polar surface area (TPSA) is 66.5 Å². The molecule has 1 N–H and O–H groups in total. The zero-order valence-corrected chi connectivity index (χ0v) is 21.4. The van der Waals surface area contributed by atoms with Gasteiger partial charge in [0.15, 0.2) is 11.6 Å². The summed E-state index contributed by atoms with van der Waals surface area (Å²) in [7, 11) is 0. The molecule has 8 rings (SSSR count). The summed E-state index contributed by atoms with van der Waals surface area (Å²) in [6, 6.07) is 30.1. The number of hydrogen-bond donors (Lipinski definition) is 1. The van der Waals surface area contributed by atoms with Crippen molar-refractivity contribution in [3.8, 4) is 0 Å². The fourth-order valence-corrected chi connectivity index (χ4v) is 6.89. The number of benzene rings is 4. The van der Waals surface area contributed by atoms with Gasteiger partial charge < -0.3 is 10.2 Å². The molecule has 0 fully saturated rings. The summed E-state index contributed by atoms with van der Waals surface area (Å²) < 4.78 is 0.757. The van der Waals surface area contributed by atoms with Crippen molar-refractivity contribution in [2.75, 3.05) is 10.2 Å². The summed E-state index contributed by atoms with van der Waals surface area (Å²) in [5.74, 6) is -0.870. The van der Waals surface area contributed by atoms with Crippen molar-refractivity contribution in [2.24, 2.45) is 0 Å². The number of halogens is 1. The average molecular weight is 557 g/mol. The third-order valence-corrected chi connectivity index (χ3v) is 8.46. The van der Waals surface area contributed by atoms with Crippen LogP contribution in [0.1, 0.15) is 37.4 Å².